The summed E-state index contributed by atoms with van der Waals surface area (Å²) < 4.78 is 6.51. The predicted octanol–water partition coefficient (Wildman–Crippen LogP) is 5.07. The van der Waals surface area contributed by atoms with Crippen molar-refractivity contribution in [1.29, 1.82) is 0 Å². The van der Waals surface area contributed by atoms with Gasteiger partial charge in [0.25, 0.3) is 0 Å². The average Bonchev–Trinajstić information content (AvgIpc) is 3.21. The summed E-state index contributed by atoms with van der Waals surface area (Å²) in [7, 11) is 0. The summed E-state index contributed by atoms with van der Waals surface area (Å²) in [4.78, 5) is 11.8. The predicted molar refractivity (Wildman–Crippen MR) is 94.6 cm³/mol. The van der Waals surface area contributed by atoms with Crippen molar-refractivity contribution < 1.29 is 9.53 Å². The largest absolute Gasteiger partial charge is 0.374 e. The van der Waals surface area contributed by atoms with Gasteiger partial charge in [-0.1, -0.05) is 12.5 Å². The van der Waals surface area contributed by atoms with Crippen LogP contribution in [0.15, 0.2) is 11.6 Å². The minimum atomic E-state index is 0.232. The summed E-state index contributed by atoms with van der Waals surface area (Å²) >= 11 is 0. The Morgan fingerprint density at radius 3 is 2.79 bits per heavy atom. The van der Waals surface area contributed by atoms with E-state index in [9.17, 15) is 4.79 Å². The molecule has 0 bridgehead atoms. The lowest BCUT2D eigenvalue weighted by Gasteiger charge is -2.57. The maximum atomic E-state index is 11.8. The number of ether oxygens (including phenoxy) is 1. The summed E-state index contributed by atoms with van der Waals surface area (Å²) in [5.74, 6) is 3.77. The first kappa shape index (κ1) is 15.6. The van der Waals surface area contributed by atoms with E-state index in [1.54, 1.807) is 0 Å². The zero-order chi connectivity index (χ0) is 16.4. The number of rotatable bonds is 1. The van der Waals surface area contributed by atoms with Crippen LogP contribution in [0.25, 0.3) is 0 Å². The molecule has 0 amide bonds. The number of allylic oxidation sites excluding steroid dienone is 1. The molecule has 4 fully saturated rings. The van der Waals surface area contributed by atoms with Gasteiger partial charge in [-0.25, -0.2) is 0 Å². The lowest BCUT2D eigenvalue weighted by Crippen LogP contribution is -2.53. The molecule has 5 rings (SSSR count). The maximum absolute atomic E-state index is 11.8. The van der Waals surface area contributed by atoms with Crippen LogP contribution in [-0.4, -0.2) is 18.0 Å². The lowest BCUT2D eigenvalue weighted by atomic mass is 9.49. The molecule has 0 N–H and O–H groups in total. The Morgan fingerprint density at radius 2 is 2.00 bits per heavy atom. The van der Waals surface area contributed by atoms with E-state index >= 15 is 0 Å². The van der Waals surface area contributed by atoms with Gasteiger partial charge in [-0.15, -0.1) is 0 Å². The normalized spacial score (nSPS) is 50.4. The minimum Gasteiger partial charge on any atom is -0.374 e. The maximum Gasteiger partial charge on any atom is 0.155 e. The van der Waals surface area contributed by atoms with Gasteiger partial charge < -0.3 is 4.74 Å². The minimum absolute atomic E-state index is 0.232. The fraction of sp³-hybridized carbons (Fsp3) is 0.864. The van der Waals surface area contributed by atoms with E-state index in [2.05, 4.69) is 6.92 Å². The molecule has 1 spiro atoms. The molecule has 24 heavy (non-hydrogen) atoms. The Labute approximate surface area is 146 Å². The Balaban J connectivity index is 1.48. The molecule has 2 heteroatoms. The van der Waals surface area contributed by atoms with Crippen LogP contribution in [-0.2, 0) is 9.53 Å². The molecule has 1 heterocycles. The summed E-state index contributed by atoms with van der Waals surface area (Å²) in [5, 5.41) is 0. The Bertz CT molecular complexity index is 571. The first-order valence-corrected chi connectivity index (χ1v) is 10.6. The molecule has 5 aliphatic rings. The van der Waals surface area contributed by atoms with Gasteiger partial charge in [0, 0.05) is 18.4 Å². The van der Waals surface area contributed by atoms with Crippen molar-refractivity contribution in [2.75, 3.05) is 6.61 Å². The third-order valence-corrected chi connectivity index (χ3v) is 9.01. The monoisotopic (exact) mass is 328 g/mol. The molecule has 0 aromatic carbocycles. The second-order valence-corrected chi connectivity index (χ2v) is 9.34. The van der Waals surface area contributed by atoms with Gasteiger partial charge in [-0.2, -0.15) is 0 Å². The van der Waals surface area contributed by atoms with E-state index in [1.165, 1.54) is 63.4 Å². The van der Waals surface area contributed by atoms with Gasteiger partial charge in [-0.05, 0) is 94.0 Å². The van der Waals surface area contributed by atoms with Crippen LogP contribution in [0.1, 0.15) is 77.6 Å². The highest BCUT2D eigenvalue weighted by Gasteiger charge is 2.65. The molecule has 4 aliphatic carbocycles. The van der Waals surface area contributed by atoms with Crippen molar-refractivity contribution in [3.8, 4) is 0 Å². The van der Waals surface area contributed by atoms with Crippen molar-refractivity contribution >= 4 is 5.78 Å². The van der Waals surface area contributed by atoms with Gasteiger partial charge in [0.1, 0.15) is 0 Å². The van der Waals surface area contributed by atoms with Crippen molar-refractivity contribution in [3.63, 3.8) is 0 Å². The first-order valence-electron chi connectivity index (χ1n) is 10.6. The van der Waals surface area contributed by atoms with Crippen LogP contribution in [0.4, 0.5) is 0 Å². The SMILES string of the molecule is CC[C@]12CCC3C(CCC4=CC(=O)CC[C@@H]43)C1CC[C@@]21CCCO1. The number of carbonyl (C=O) groups is 1. The van der Waals surface area contributed by atoms with Crippen molar-refractivity contribution in [2.45, 2.75) is 83.2 Å². The van der Waals surface area contributed by atoms with Crippen molar-refractivity contribution in [3.05, 3.63) is 11.6 Å². The number of hydrogen-bond acceptors (Lipinski definition) is 2. The second kappa shape index (κ2) is 5.43. The van der Waals surface area contributed by atoms with Gasteiger partial charge in [-0.3, -0.25) is 4.79 Å². The van der Waals surface area contributed by atoms with E-state index in [1.807, 2.05) is 6.08 Å². The van der Waals surface area contributed by atoms with Crippen molar-refractivity contribution in [1.82, 2.24) is 0 Å². The Kier molecular flexibility index (Phi) is 3.53. The summed E-state index contributed by atoms with van der Waals surface area (Å²) in [5.41, 5.74) is 2.22. The van der Waals surface area contributed by atoms with Gasteiger partial charge >= 0.3 is 0 Å². The molecule has 2 nitrogen and oxygen atoms in total. The number of fused-ring (bicyclic) bond motifs is 6. The molecule has 1 aliphatic heterocycles. The fourth-order valence-corrected chi connectivity index (χ4v) is 8.14. The summed E-state index contributed by atoms with van der Waals surface area (Å²) in [6.07, 6.45) is 15.9. The van der Waals surface area contributed by atoms with E-state index in [0.717, 1.165) is 43.1 Å². The molecule has 0 aromatic rings. The molecule has 1 saturated heterocycles. The van der Waals surface area contributed by atoms with E-state index < -0.39 is 0 Å². The second-order valence-electron chi connectivity index (χ2n) is 9.34. The lowest BCUT2D eigenvalue weighted by molar-refractivity contribution is -0.139. The third kappa shape index (κ3) is 1.90. The highest BCUT2D eigenvalue weighted by Crippen LogP contribution is 2.68. The number of carbonyl (C=O) groups excluding carboxylic acids is 1. The van der Waals surface area contributed by atoms with Gasteiger partial charge in [0.2, 0.25) is 0 Å². The first-order chi connectivity index (χ1) is 11.7. The van der Waals surface area contributed by atoms with Crippen LogP contribution in [0.5, 0.6) is 0 Å². The third-order valence-electron chi connectivity index (χ3n) is 9.01. The number of ketones is 1. The smallest absolute Gasteiger partial charge is 0.155 e. The summed E-state index contributed by atoms with van der Waals surface area (Å²) in [6, 6.07) is 0. The Hall–Kier alpha value is -0.630. The molecule has 0 aromatic heterocycles. The number of hydrogen-bond donors (Lipinski definition) is 0. The molecule has 132 valence electrons. The quantitative estimate of drug-likeness (QED) is 0.672. The average molecular weight is 328 g/mol. The fourth-order valence-electron chi connectivity index (χ4n) is 8.14. The van der Waals surface area contributed by atoms with Crippen LogP contribution in [0, 0.1) is 29.1 Å². The molecular formula is C22H32O2. The molecule has 3 saturated carbocycles. The molecule has 3 unspecified atom stereocenters. The van der Waals surface area contributed by atoms with Gasteiger partial charge in [0.15, 0.2) is 5.78 Å². The zero-order valence-electron chi connectivity index (χ0n) is 15.2. The Morgan fingerprint density at radius 1 is 1.08 bits per heavy atom. The molecule has 0 radical (unpaired) electrons. The molecular weight excluding hydrogens is 296 g/mol. The van der Waals surface area contributed by atoms with Crippen LogP contribution < -0.4 is 0 Å². The van der Waals surface area contributed by atoms with Crippen LogP contribution >= 0.6 is 0 Å². The van der Waals surface area contributed by atoms with Crippen LogP contribution in [0.2, 0.25) is 0 Å². The topological polar surface area (TPSA) is 26.3 Å². The highest BCUT2D eigenvalue weighted by molar-refractivity contribution is 5.91. The van der Waals surface area contributed by atoms with E-state index in [0.29, 0.717) is 11.2 Å². The van der Waals surface area contributed by atoms with E-state index in [4.69, 9.17) is 4.74 Å². The zero-order valence-corrected chi connectivity index (χ0v) is 15.2. The van der Waals surface area contributed by atoms with Crippen LogP contribution in [0.3, 0.4) is 0 Å². The van der Waals surface area contributed by atoms with Gasteiger partial charge in [0.05, 0.1) is 5.60 Å². The van der Waals surface area contributed by atoms with E-state index in [-0.39, 0.29) is 5.60 Å². The summed E-state index contributed by atoms with van der Waals surface area (Å²) in [6.45, 7) is 3.44. The van der Waals surface area contributed by atoms with Crippen molar-refractivity contribution in [2.24, 2.45) is 29.1 Å². The highest BCUT2D eigenvalue weighted by atomic mass is 16.5. The molecule has 6 atom stereocenters. The standard InChI is InChI=1S/C22H32O2/c1-2-21-11-8-18-17-7-5-16(23)14-15(17)4-6-19(18)20(21)9-12-22(21)10-3-13-24-22/h14,17-20H,2-13H2,1H3/t17-,18?,19?,20?,21-,22-/m0/s1.